The van der Waals surface area contributed by atoms with Gasteiger partial charge in [-0.05, 0) is 85.1 Å². The minimum Gasteiger partial charge on any atom is -0.506 e. The molecule has 0 aliphatic heterocycles. The van der Waals surface area contributed by atoms with Gasteiger partial charge in [-0.15, -0.1) is 0 Å². The number of hydrogen-bond donors (Lipinski definition) is 4. The molecule has 0 fully saturated rings. The van der Waals surface area contributed by atoms with Gasteiger partial charge in [0, 0.05) is 17.6 Å². The molecule has 0 saturated heterocycles. The summed E-state index contributed by atoms with van der Waals surface area (Å²) in [5, 5.41) is 22.4. The van der Waals surface area contributed by atoms with Crippen molar-refractivity contribution in [3.8, 4) is 17.2 Å². The summed E-state index contributed by atoms with van der Waals surface area (Å²) < 4.78 is 17.3. The summed E-state index contributed by atoms with van der Waals surface area (Å²) >= 11 is 5.94. The number of halogens is 1. The van der Waals surface area contributed by atoms with E-state index < -0.39 is 17.6 Å². The highest BCUT2D eigenvalue weighted by Crippen LogP contribution is 2.31. The minimum atomic E-state index is -0.589. The minimum absolute atomic E-state index is 0.0661. The fourth-order valence-corrected chi connectivity index (χ4v) is 5.18. The molecular formula is C38H38ClN3O7. The number of rotatable bonds is 12. The van der Waals surface area contributed by atoms with Gasteiger partial charge in [0.1, 0.15) is 29.5 Å². The SMILES string of the molecule is CC(C)(C)OC(=O)NCCCOc1cc2ccccc2cc1C(=O)NCCOc1cc2ccccc2cc1C(=O)Nc1ccc(Cl)cc1O. The van der Waals surface area contributed by atoms with Crippen molar-refractivity contribution in [2.45, 2.75) is 32.8 Å². The van der Waals surface area contributed by atoms with Crippen molar-refractivity contribution in [1.82, 2.24) is 10.6 Å². The molecule has 0 radical (unpaired) electrons. The lowest BCUT2D eigenvalue weighted by atomic mass is 10.0. The van der Waals surface area contributed by atoms with Crippen molar-refractivity contribution < 1.29 is 33.7 Å². The fourth-order valence-electron chi connectivity index (χ4n) is 5.01. The average Bonchev–Trinajstić information content (AvgIpc) is 3.06. The lowest BCUT2D eigenvalue weighted by molar-refractivity contribution is 0.0525. The van der Waals surface area contributed by atoms with Gasteiger partial charge in [-0.2, -0.15) is 0 Å². The first-order valence-electron chi connectivity index (χ1n) is 15.8. The molecule has 0 aliphatic carbocycles. The third-order valence-electron chi connectivity index (χ3n) is 7.29. The molecule has 0 saturated carbocycles. The number of phenols is 1. The molecule has 0 aliphatic rings. The number of nitrogens with one attached hydrogen (secondary N) is 3. The Bertz CT molecular complexity index is 1990. The molecule has 0 spiro atoms. The normalized spacial score (nSPS) is 11.2. The molecule has 254 valence electrons. The second-order valence-corrected chi connectivity index (χ2v) is 12.7. The zero-order valence-electron chi connectivity index (χ0n) is 27.5. The van der Waals surface area contributed by atoms with Crippen molar-refractivity contribution in [3.63, 3.8) is 0 Å². The predicted molar refractivity (Wildman–Crippen MR) is 191 cm³/mol. The Morgan fingerprint density at radius 3 is 1.82 bits per heavy atom. The van der Waals surface area contributed by atoms with Crippen molar-refractivity contribution in [3.05, 3.63) is 107 Å². The van der Waals surface area contributed by atoms with Crippen LogP contribution in [0.1, 0.15) is 47.9 Å². The van der Waals surface area contributed by atoms with Crippen molar-refractivity contribution in [2.75, 3.05) is 31.6 Å². The van der Waals surface area contributed by atoms with Crippen LogP contribution in [0.3, 0.4) is 0 Å². The molecule has 11 heteroatoms. The van der Waals surface area contributed by atoms with E-state index in [0.29, 0.717) is 35.1 Å². The van der Waals surface area contributed by atoms with E-state index >= 15 is 0 Å². The van der Waals surface area contributed by atoms with Gasteiger partial charge in [0.05, 0.1) is 30.0 Å². The Hall–Kier alpha value is -5.48. The molecule has 5 aromatic carbocycles. The second-order valence-electron chi connectivity index (χ2n) is 12.2. The number of phenolic OH excluding ortho intramolecular Hbond substituents is 1. The Balaban J connectivity index is 1.24. The number of amides is 3. The summed E-state index contributed by atoms with van der Waals surface area (Å²) in [7, 11) is 0. The van der Waals surface area contributed by atoms with Crippen molar-refractivity contribution in [2.24, 2.45) is 0 Å². The molecule has 5 aromatic rings. The number of alkyl carbamates (subject to hydrolysis) is 1. The Labute approximate surface area is 289 Å². The zero-order valence-corrected chi connectivity index (χ0v) is 28.2. The topological polar surface area (TPSA) is 135 Å². The van der Waals surface area contributed by atoms with Crippen LogP contribution in [0.5, 0.6) is 17.2 Å². The first-order chi connectivity index (χ1) is 23.5. The van der Waals surface area contributed by atoms with Crippen LogP contribution in [0.15, 0.2) is 91.0 Å². The predicted octanol–water partition coefficient (Wildman–Crippen LogP) is 7.71. The monoisotopic (exact) mass is 683 g/mol. The summed E-state index contributed by atoms with van der Waals surface area (Å²) in [5.74, 6) is -0.282. The summed E-state index contributed by atoms with van der Waals surface area (Å²) in [6.07, 6.45) is -0.00178. The third-order valence-corrected chi connectivity index (χ3v) is 7.52. The summed E-state index contributed by atoms with van der Waals surface area (Å²) in [6, 6.07) is 26.7. The average molecular weight is 684 g/mol. The number of hydrogen-bond acceptors (Lipinski definition) is 7. The molecule has 0 bridgehead atoms. The van der Waals surface area contributed by atoms with Gasteiger partial charge in [0.25, 0.3) is 11.8 Å². The lowest BCUT2D eigenvalue weighted by Crippen LogP contribution is -2.33. The number of carbonyl (C=O) groups is 3. The molecule has 0 unspecified atom stereocenters. The van der Waals surface area contributed by atoms with Crippen LogP contribution in [0.25, 0.3) is 21.5 Å². The maximum absolute atomic E-state index is 13.4. The molecule has 3 amide bonds. The summed E-state index contributed by atoms with van der Waals surface area (Å²) in [4.78, 5) is 38.7. The first-order valence-corrected chi connectivity index (χ1v) is 16.2. The Kier molecular flexibility index (Phi) is 11.1. The van der Waals surface area contributed by atoms with Crippen LogP contribution < -0.4 is 25.4 Å². The molecule has 4 N–H and O–H groups in total. The molecular weight excluding hydrogens is 646 g/mol. The smallest absolute Gasteiger partial charge is 0.407 e. The number of anilines is 1. The highest BCUT2D eigenvalue weighted by atomic mass is 35.5. The molecule has 49 heavy (non-hydrogen) atoms. The van der Waals surface area contributed by atoms with E-state index in [9.17, 15) is 19.5 Å². The maximum atomic E-state index is 13.4. The van der Waals surface area contributed by atoms with E-state index in [1.54, 1.807) is 45.0 Å². The molecule has 0 heterocycles. The zero-order chi connectivity index (χ0) is 35.0. The fraction of sp³-hybridized carbons (Fsp3) is 0.237. The van der Waals surface area contributed by atoms with E-state index in [1.165, 1.54) is 12.1 Å². The van der Waals surface area contributed by atoms with E-state index in [-0.39, 0.29) is 42.7 Å². The highest BCUT2D eigenvalue weighted by Gasteiger charge is 2.19. The summed E-state index contributed by atoms with van der Waals surface area (Å²) in [6.45, 7) is 6.20. The maximum Gasteiger partial charge on any atom is 0.407 e. The number of aromatic hydroxyl groups is 1. The van der Waals surface area contributed by atoms with E-state index in [0.717, 1.165) is 21.5 Å². The molecule has 0 aromatic heterocycles. The van der Waals surface area contributed by atoms with Gasteiger partial charge in [-0.1, -0.05) is 60.1 Å². The highest BCUT2D eigenvalue weighted by molar-refractivity contribution is 6.30. The van der Waals surface area contributed by atoms with Crippen LogP contribution in [-0.4, -0.2) is 54.9 Å². The van der Waals surface area contributed by atoms with Crippen LogP contribution in [-0.2, 0) is 4.74 Å². The molecule has 0 atom stereocenters. The van der Waals surface area contributed by atoms with Crippen LogP contribution in [0.4, 0.5) is 10.5 Å². The second kappa shape index (κ2) is 15.6. The van der Waals surface area contributed by atoms with Crippen LogP contribution in [0, 0.1) is 0 Å². The third kappa shape index (κ3) is 9.55. The van der Waals surface area contributed by atoms with Crippen LogP contribution in [0.2, 0.25) is 5.02 Å². The van der Waals surface area contributed by atoms with E-state index in [1.807, 2.05) is 54.6 Å². The quantitative estimate of drug-likeness (QED) is 0.0782. The Morgan fingerprint density at radius 2 is 1.24 bits per heavy atom. The summed E-state index contributed by atoms with van der Waals surface area (Å²) in [5.41, 5.74) is 0.223. The lowest BCUT2D eigenvalue weighted by Gasteiger charge is -2.19. The van der Waals surface area contributed by atoms with Gasteiger partial charge in [0.15, 0.2) is 0 Å². The first kappa shape index (κ1) is 34.8. The number of fused-ring (bicyclic) bond motifs is 2. The number of benzene rings is 5. The Morgan fingerprint density at radius 1 is 0.694 bits per heavy atom. The van der Waals surface area contributed by atoms with E-state index in [4.69, 9.17) is 25.8 Å². The number of carbonyl (C=O) groups excluding carboxylic acids is 3. The molecule has 10 nitrogen and oxygen atoms in total. The van der Waals surface area contributed by atoms with Gasteiger partial charge in [-0.25, -0.2) is 4.79 Å². The largest absolute Gasteiger partial charge is 0.506 e. The standard InChI is InChI=1S/C38H38ClN3O7/c1-38(2,3)49-37(46)41-15-8-17-47-33-21-26-11-6-4-9-24(26)19-29(33)35(44)40-16-18-48-34-22-27-12-7-5-10-25(27)20-30(34)36(45)42-31-14-13-28(39)23-32(31)43/h4-7,9-14,19-23,43H,8,15-18H2,1-3H3,(H,40,44)(H,41,46)(H,42,45). The van der Waals surface area contributed by atoms with Gasteiger partial charge in [-0.3, -0.25) is 9.59 Å². The molecule has 5 rings (SSSR count). The van der Waals surface area contributed by atoms with Gasteiger partial charge >= 0.3 is 6.09 Å². The van der Waals surface area contributed by atoms with Crippen molar-refractivity contribution >= 4 is 56.7 Å². The van der Waals surface area contributed by atoms with E-state index in [2.05, 4.69) is 16.0 Å². The van der Waals surface area contributed by atoms with Crippen molar-refractivity contribution in [1.29, 1.82) is 0 Å². The van der Waals surface area contributed by atoms with Crippen LogP contribution >= 0.6 is 11.6 Å². The number of ether oxygens (including phenoxy) is 3. The van der Waals surface area contributed by atoms with Gasteiger partial charge in [0.2, 0.25) is 0 Å². The van der Waals surface area contributed by atoms with Gasteiger partial charge < -0.3 is 35.3 Å².